The summed E-state index contributed by atoms with van der Waals surface area (Å²) in [5.41, 5.74) is 0.266. The Hall–Kier alpha value is -1.26. The van der Waals surface area contributed by atoms with Crippen LogP contribution in [0.5, 0.6) is 0 Å². The van der Waals surface area contributed by atoms with Crippen LogP contribution in [0, 0.1) is 17.3 Å². The molecule has 0 saturated heterocycles. The Morgan fingerprint density at radius 1 is 1.21 bits per heavy atom. The summed E-state index contributed by atoms with van der Waals surface area (Å²) in [6.45, 7) is 8.86. The molecule has 0 unspecified atom stereocenters. The molecule has 1 saturated carbocycles. The van der Waals surface area contributed by atoms with Crippen LogP contribution in [-0.4, -0.2) is 31.7 Å². The van der Waals surface area contributed by atoms with Crippen LogP contribution in [0.2, 0.25) is 0 Å². The molecule has 0 aromatic carbocycles. The highest BCUT2D eigenvalue weighted by atomic mass is 16.5. The summed E-state index contributed by atoms with van der Waals surface area (Å²) in [5, 5.41) is 5.55. The Kier molecular flexibility index (Phi) is 5.20. The summed E-state index contributed by atoms with van der Waals surface area (Å²) in [7, 11) is 1.29. The Bertz CT molecular complexity index is 336. The van der Waals surface area contributed by atoms with Crippen molar-refractivity contribution in [2.75, 3.05) is 13.7 Å². The van der Waals surface area contributed by atoms with Crippen LogP contribution in [0.4, 0.5) is 4.79 Å². The predicted molar refractivity (Wildman–Crippen MR) is 73.7 cm³/mol. The second kappa shape index (κ2) is 6.26. The van der Waals surface area contributed by atoms with E-state index in [0.717, 1.165) is 0 Å². The molecule has 110 valence electrons. The molecule has 0 aliphatic heterocycles. The number of methoxy groups -OCH3 is 1. The van der Waals surface area contributed by atoms with Crippen molar-refractivity contribution in [3.63, 3.8) is 0 Å². The first-order chi connectivity index (χ1) is 8.82. The molecule has 0 aromatic rings. The molecule has 2 N–H and O–H groups in total. The van der Waals surface area contributed by atoms with E-state index in [9.17, 15) is 9.59 Å². The van der Waals surface area contributed by atoms with Gasteiger partial charge in [0.1, 0.15) is 6.04 Å². The number of alkyl carbamates (subject to hydrolysis) is 1. The van der Waals surface area contributed by atoms with E-state index in [-0.39, 0.29) is 17.2 Å². The highest BCUT2D eigenvalue weighted by Gasteiger charge is 2.45. The van der Waals surface area contributed by atoms with Gasteiger partial charge in [0.2, 0.25) is 5.91 Å². The molecule has 1 aliphatic carbocycles. The minimum Gasteiger partial charge on any atom is -0.453 e. The smallest absolute Gasteiger partial charge is 0.407 e. The van der Waals surface area contributed by atoms with E-state index in [1.807, 2.05) is 13.8 Å². The molecule has 0 heterocycles. The summed E-state index contributed by atoms with van der Waals surface area (Å²) in [4.78, 5) is 23.4. The first kappa shape index (κ1) is 15.8. The topological polar surface area (TPSA) is 67.4 Å². The number of nitrogens with one attached hydrogen (secondary N) is 2. The van der Waals surface area contributed by atoms with Gasteiger partial charge in [0.05, 0.1) is 7.11 Å². The van der Waals surface area contributed by atoms with Crippen LogP contribution in [0.3, 0.4) is 0 Å². The van der Waals surface area contributed by atoms with Gasteiger partial charge in [0, 0.05) is 6.54 Å². The fraction of sp³-hybridized carbons (Fsp3) is 0.857. The molecule has 0 bridgehead atoms. The summed E-state index contributed by atoms with van der Waals surface area (Å²) < 4.78 is 4.55. The number of carbonyl (C=O) groups is 2. The van der Waals surface area contributed by atoms with E-state index in [1.165, 1.54) is 20.0 Å². The molecule has 19 heavy (non-hydrogen) atoms. The Morgan fingerprint density at radius 2 is 1.79 bits per heavy atom. The lowest BCUT2D eigenvalue weighted by Crippen LogP contribution is -2.50. The lowest BCUT2D eigenvalue weighted by Gasteiger charge is -2.24. The molecule has 1 fully saturated rings. The van der Waals surface area contributed by atoms with Crippen molar-refractivity contribution in [1.82, 2.24) is 10.6 Å². The van der Waals surface area contributed by atoms with Crippen LogP contribution in [0.15, 0.2) is 0 Å². The maximum absolute atomic E-state index is 12.2. The summed E-state index contributed by atoms with van der Waals surface area (Å²) in [6, 6.07) is -0.546. The van der Waals surface area contributed by atoms with Gasteiger partial charge in [0.25, 0.3) is 0 Å². The van der Waals surface area contributed by atoms with Gasteiger partial charge < -0.3 is 15.4 Å². The largest absolute Gasteiger partial charge is 0.453 e. The van der Waals surface area contributed by atoms with Gasteiger partial charge >= 0.3 is 6.09 Å². The standard InChI is InChI=1S/C14H26N2O3/c1-9(2)11(16-13(18)19-5)12(17)15-8-14(6-7-14)10(3)4/h9-11H,6-8H2,1-5H3,(H,15,17)(H,16,18)/t11-/m0/s1. The van der Waals surface area contributed by atoms with E-state index in [4.69, 9.17) is 0 Å². The van der Waals surface area contributed by atoms with Crippen molar-refractivity contribution in [2.24, 2.45) is 17.3 Å². The monoisotopic (exact) mass is 270 g/mol. The third-order valence-corrected chi connectivity index (χ3v) is 4.14. The van der Waals surface area contributed by atoms with Crippen molar-refractivity contribution < 1.29 is 14.3 Å². The first-order valence-corrected chi connectivity index (χ1v) is 6.94. The molecule has 2 amide bonds. The predicted octanol–water partition coefficient (Wildman–Crippen LogP) is 1.92. The first-order valence-electron chi connectivity index (χ1n) is 6.94. The number of carbonyl (C=O) groups excluding carboxylic acids is 2. The average Bonchev–Trinajstić information content (AvgIpc) is 3.13. The quantitative estimate of drug-likeness (QED) is 0.775. The SMILES string of the molecule is COC(=O)N[C@H](C(=O)NCC1(C(C)C)CC1)C(C)C. The van der Waals surface area contributed by atoms with E-state index >= 15 is 0 Å². The maximum atomic E-state index is 12.2. The van der Waals surface area contributed by atoms with Crippen LogP contribution in [0.25, 0.3) is 0 Å². The fourth-order valence-electron chi connectivity index (χ4n) is 2.21. The van der Waals surface area contributed by atoms with Gasteiger partial charge in [0.15, 0.2) is 0 Å². The van der Waals surface area contributed by atoms with E-state index < -0.39 is 12.1 Å². The molecule has 0 aromatic heterocycles. The van der Waals surface area contributed by atoms with Gasteiger partial charge in [-0.1, -0.05) is 27.7 Å². The molecule has 5 nitrogen and oxygen atoms in total. The Morgan fingerprint density at radius 3 is 2.16 bits per heavy atom. The van der Waals surface area contributed by atoms with Crippen molar-refractivity contribution in [2.45, 2.75) is 46.6 Å². The molecular formula is C14H26N2O3. The minimum atomic E-state index is -0.571. The van der Waals surface area contributed by atoms with Crippen molar-refractivity contribution >= 4 is 12.0 Å². The highest BCUT2D eigenvalue weighted by Crippen LogP contribution is 2.51. The van der Waals surface area contributed by atoms with Gasteiger partial charge in [-0.15, -0.1) is 0 Å². The molecule has 5 heteroatoms. The fourth-order valence-corrected chi connectivity index (χ4v) is 2.21. The Balaban J connectivity index is 2.51. The second-order valence-corrected chi connectivity index (χ2v) is 6.09. The summed E-state index contributed by atoms with van der Waals surface area (Å²) >= 11 is 0. The number of ether oxygens (including phenoxy) is 1. The van der Waals surface area contributed by atoms with Crippen LogP contribution >= 0.6 is 0 Å². The van der Waals surface area contributed by atoms with E-state index in [0.29, 0.717) is 12.5 Å². The van der Waals surface area contributed by atoms with Crippen molar-refractivity contribution in [1.29, 1.82) is 0 Å². The third-order valence-electron chi connectivity index (χ3n) is 4.14. The lowest BCUT2D eigenvalue weighted by molar-refractivity contribution is -0.124. The molecule has 1 aliphatic rings. The number of hydrogen-bond acceptors (Lipinski definition) is 3. The minimum absolute atomic E-state index is 0.0216. The molecular weight excluding hydrogens is 244 g/mol. The zero-order valence-corrected chi connectivity index (χ0v) is 12.6. The van der Waals surface area contributed by atoms with Crippen molar-refractivity contribution in [3.8, 4) is 0 Å². The van der Waals surface area contributed by atoms with Gasteiger partial charge in [-0.3, -0.25) is 4.79 Å². The maximum Gasteiger partial charge on any atom is 0.407 e. The molecule has 1 atom stereocenters. The third kappa shape index (κ3) is 4.11. The van der Waals surface area contributed by atoms with Crippen LogP contribution in [0.1, 0.15) is 40.5 Å². The second-order valence-electron chi connectivity index (χ2n) is 6.09. The van der Waals surface area contributed by atoms with Gasteiger partial charge in [-0.25, -0.2) is 4.79 Å². The molecule has 1 rings (SSSR count). The zero-order valence-electron chi connectivity index (χ0n) is 12.6. The zero-order chi connectivity index (χ0) is 14.6. The van der Waals surface area contributed by atoms with Crippen LogP contribution < -0.4 is 10.6 Å². The van der Waals surface area contributed by atoms with Gasteiger partial charge in [-0.05, 0) is 30.1 Å². The number of hydrogen-bond donors (Lipinski definition) is 2. The normalized spacial score (nSPS) is 18.1. The van der Waals surface area contributed by atoms with E-state index in [1.54, 1.807) is 0 Å². The number of amides is 2. The molecule has 0 spiro atoms. The lowest BCUT2D eigenvalue weighted by atomic mass is 9.92. The van der Waals surface area contributed by atoms with Crippen LogP contribution in [-0.2, 0) is 9.53 Å². The highest BCUT2D eigenvalue weighted by molar-refractivity contribution is 5.85. The number of rotatable bonds is 6. The summed E-state index contributed by atoms with van der Waals surface area (Å²) in [6.07, 6.45) is 1.77. The average molecular weight is 270 g/mol. The Labute approximate surface area is 115 Å². The van der Waals surface area contributed by atoms with Gasteiger partial charge in [-0.2, -0.15) is 0 Å². The molecule has 0 radical (unpaired) electrons. The summed E-state index contributed by atoms with van der Waals surface area (Å²) in [5.74, 6) is 0.458. The van der Waals surface area contributed by atoms with E-state index in [2.05, 4.69) is 29.2 Å². The van der Waals surface area contributed by atoms with Crippen molar-refractivity contribution in [3.05, 3.63) is 0 Å².